The van der Waals surface area contributed by atoms with Gasteiger partial charge in [0.15, 0.2) is 5.82 Å². The zero-order valence-corrected chi connectivity index (χ0v) is 12.9. The molecular weight excluding hydrogens is 254 g/mol. The summed E-state index contributed by atoms with van der Waals surface area (Å²) in [6.07, 6.45) is 1.25. The Morgan fingerprint density at radius 2 is 1.80 bits per heavy atom. The van der Waals surface area contributed by atoms with Crippen LogP contribution >= 0.6 is 0 Å². The van der Waals surface area contributed by atoms with Crippen LogP contribution in [0, 0.1) is 5.41 Å². The monoisotopic (exact) mass is 281 g/mol. The summed E-state index contributed by atoms with van der Waals surface area (Å²) in [6.45, 7) is 13.5. The number of hydrogen-bond donors (Lipinski definition) is 1. The molecule has 6 heteroatoms. The molecule has 1 aliphatic heterocycles. The maximum atomic E-state index is 5.47. The van der Waals surface area contributed by atoms with E-state index in [0.717, 1.165) is 38.5 Å². The lowest BCUT2D eigenvalue weighted by Crippen LogP contribution is -2.46. The van der Waals surface area contributed by atoms with Crippen molar-refractivity contribution in [1.82, 2.24) is 19.9 Å². The summed E-state index contributed by atoms with van der Waals surface area (Å²) in [7, 11) is 0. The summed E-state index contributed by atoms with van der Waals surface area (Å²) >= 11 is 0. The Morgan fingerprint density at radius 3 is 2.35 bits per heavy atom. The van der Waals surface area contributed by atoms with Crippen molar-refractivity contribution in [3.05, 3.63) is 11.7 Å². The van der Waals surface area contributed by atoms with Gasteiger partial charge in [0.1, 0.15) is 0 Å². The average Bonchev–Trinajstić information content (AvgIpc) is 2.85. The highest BCUT2D eigenvalue weighted by Crippen LogP contribution is 2.19. The van der Waals surface area contributed by atoms with Crippen molar-refractivity contribution in [3.63, 3.8) is 0 Å². The smallest absolute Gasteiger partial charge is 0.240 e. The summed E-state index contributed by atoms with van der Waals surface area (Å²) in [6, 6.07) is 0. The minimum absolute atomic E-state index is 0.313. The molecule has 2 heterocycles. The second-order valence-corrected chi connectivity index (χ2v) is 6.74. The largest absolute Gasteiger partial charge is 0.338 e. The predicted molar refractivity (Wildman–Crippen MR) is 78.0 cm³/mol. The van der Waals surface area contributed by atoms with Crippen LogP contribution in [-0.2, 0) is 13.1 Å². The Kier molecular flexibility index (Phi) is 5.12. The summed E-state index contributed by atoms with van der Waals surface area (Å²) in [5, 5.41) is 3.95. The molecule has 0 atom stereocenters. The number of nitrogens with zero attached hydrogens (tertiary/aromatic N) is 4. The van der Waals surface area contributed by atoms with E-state index in [2.05, 4.69) is 40.7 Å². The topological polar surface area (TPSA) is 71.4 Å². The van der Waals surface area contributed by atoms with Gasteiger partial charge in [0.25, 0.3) is 0 Å². The standard InChI is InChI=1S/C14H27N5O/c1-14(2,3)4-5-18-6-8-19(9-7-18)11-12-16-13(10-15)20-17-12/h4-11,15H2,1-3H3. The van der Waals surface area contributed by atoms with Crippen molar-refractivity contribution < 1.29 is 4.52 Å². The minimum atomic E-state index is 0.313. The SMILES string of the molecule is CC(C)(C)CCN1CCN(Cc2noc(CN)n2)CC1. The van der Waals surface area contributed by atoms with Crippen LogP contribution in [0.3, 0.4) is 0 Å². The fourth-order valence-electron chi connectivity index (χ4n) is 2.30. The summed E-state index contributed by atoms with van der Waals surface area (Å²) in [5.74, 6) is 1.26. The van der Waals surface area contributed by atoms with Gasteiger partial charge in [-0.25, -0.2) is 0 Å². The second-order valence-electron chi connectivity index (χ2n) is 6.74. The number of aromatic nitrogens is 2. The molecule has 1 saturated heterocycles. The Balaban J connectivity index is 1.71. The zero-order valence-electron chi connectivity index (χ0n) is 12.9. The lowest BCUT2D eigenvalue weighted by molar-refractivity contribution is 0.114. The normalized spacial score (nSPS) is 18.6. The summed E-state index contributed by atoms with van der Waals surface area (Å²) in [4.78, 5) is 9.17. The number of rotatable bonds is 5. The van der Waals surface area contributed by atoms with Gasteiger partial charge in [-0.05, 0) is 18.4 Å². The zero-order chi connectivity index (χ0) is 14.6. The molecule has 0 unspecified atom stereocenters. The van der Waals surface area contributed by atoms with Crippen LogP contribution in [0.15, 0.2) is 4.52 Å². The van der Waals surface area contributed by atoms with Crippen LogP contribution in [0.25, 0.3) is 0 Å². The highest BCUT2D eigenvalue weighted by Gasteiger charge is 2.20. The van der Waals surface area contributed by atoms with E-state index in [-0.39, 0.29) is 0 Å². The van der Waals surface area contributed by atoms with E-state index in [1.54, 1.807) is 0 Å². The van der Waals surface area contributed by atoms with Gasteiger partial charge in [-0.15, -0.1) is 0 Å². The first-order valence-electron chi connectivity index (χ1n) is 7.42. The maximum absolute atomic E-state index is 5.47. The van der Waals surface area contributed by atoms with Crippen molar-refractivity contribution in [1.29, 1.82) is 0 Å². The highest BCUT2D eigenvalue weighted by atomic mass is 16.5. The molecule has 1 aromatic rings. The quantitative estimate of drug-likeness (QED) is 0.871. The molecule has 1 aromatic heterocycles. The first kappa shape index (κ1) is 15.4. The van der Waals surface area contributed by atoms with Gasteiger partial charge in [0.05, 0.1) is 13.1 Å². The lowest BCUT2D eigenvalue weighted by Gasteiger charge is -2.35. The molecule has 0 amide bonds. The van der Waals surface area contributed by atoms with E-state index >= 15 is 0 Å². The van der Waals surface area contributed by atoms with Gasteiger partial charge in [0.2, 0.25) is 5.89 Å². The van der Waals surface area contributed by atoms with Crippen molar-refractivity contribution in [2.75, 3.05) is 32.7 Å². The summed E-state index contributed by atoms with van der Waals surface area (Å²) < 4.78 is 5.03. The second kappa shape index (κ2) is 6.65. The molecule has 0 aliphatic carbocycles. The molecule has 0 saturated carbocycles. The van der Waals surface area contributed by atoms with Crippen molar-refractivity contribution in [2.24, 2.45) is 11.1 Å². The maximum Gasteiger partial charge on any atom is 0.240 e. The Bertz CT molecular complexity index is 404. The van der Waals surface area contributed by atoms with Gasteiger partial charge in [-0.2, -0.15) is 4.98 Å². The van der Waals surface area contributed by atoms with E-state index in [9.17, 15) is 0 Å². The molecule has 2 N–H and O–H groups in total. The van der Waals surface area contributed by atoms with Gasteiger partial charge in [-0.1, -0.05) is 25.9 Å². The van der Waals surface area contributed by atoms with E-state index in [0.29, 0.717) is 17.9 Å². The van der Waals surface area contributed by atoms with Gasteiger partial charge >= 0.3 is 0 Å². The van der Waals surface area contributed by atoms with E-state index in [1.807, 2.05) is 0 Å². The average molecular weight is 281 g/mol. The Hall–Kier alpha value is -0.980. The van der Waals surface area contributed by atoms with Crippen LogP contribution in [0.1, 0.15) is 38.9 Å². The molecule has 0 bridgehead atoms. The predicted octanol–water partition coefficient (Wildman–Crippen LogP) is 1.08. The Morgan fingerprint density at radius 1 is 1.15 bits per heavy atom. The highest BCUT2D eigenvalue weighted by molar-refractivity contribution is 4.87. The number of hydrogen-bond acceptors (Lipinski definition) is 6. The van der Waals surface area contributed by atoms with Crippen molar-refractivity contribution in [2.45, 2.75) is 40.3 Å². The molecule has 20 heavy (non-hydrogen) atoms. The first-order valence-corrected chi connectivity index (χ1v) is 7.42. The van der Waals surface area contributed by atoms with Crippen LogP contribution < -0.4 is 5.73 Å². The van der Waals surface area contributed by atoms with Crippen LogP contribution in [-0.4, -0.2) is 52.7 Å². The Labute approximate surface area is 121 Å². The molecule has 1 fully saturated rings. The van der Waals surface area contributed by atoms with Crippen molar-refractivity contribution in [3.8, 4) is 0 Å². The third-order valence-electron chi connectivity index (χ3n) is 3.69. The van der Waals surface area contributed by atoms with Crippen LogP contribution in [0.4, 0.5) is 0 Å². The molecule has 0 radical (unpaired) electrons. The fraction of sp³-hybridized carbons (Fsp3) is 0.857. The van der Waals surface area contributed by atoms with Crippen LogP contribution in [0.2, 0.25) is 0 Å². The minimum Gasteiger partial charge on any atom is -0.338 e. The lowest BCUT2D eigenvalue weighted by atomic mass is 9.92. The number of nitrogens with two attached hydrogens (primary N) is 1. The molecule has 0 aromatic carbocycles. The van der Waals surface area contributed by atoms with Gasteiger partial charge in [-0.3, -0.25) is 4.90 Å². The van der Waals surface area contributed by atoms with E-state index in [1.165, 1.54) is 13.0 Å². The van der Waals surface area contributed by atoms with Gasteiger partial charge < -0.3 is 15.2 Å². The molecule has 114 valence electrons. The van der Waals surface area contributed by atoms with E-state index < -0.39 is 0 Å². The number of piperazine rings is 1. The first-order chi connectivity index (χ1) is 9.46. The molecule has 1 aliphatic rings. The fourth-order valence-corrected chi connectivity index (χ4v) is 2.30. The van der Waals surface area contributed by atoms with Crippen LogP contribution in [0.5, 0.6) is 0 Å². The van der Waals surface area contributed by atoms with E-state index in [4.69, 9.17) is 10.3 Å². The molecule has 6 nitrogen and oxygen atoms in total. The molecular formula is C14H27N5O. The molecule has 2 rings (SSSR count). The third kappa shape index (κ3) is 4.85. The van der Waals surface area contributed by atoms with Gasteiger partial charge in [0, 0.05) is 26.2 Å². The summed E-state index contributed by atoms with van der Waals surface area (Å²) in [5.41, 5.74) is 5.88. The third-order valence-corrected chi connectivity index (χ3v) is 3.69. The molecule has 0 spiro atoms. The van der Waals surface area contributed by atoms with Crippen molar-refractivity contribution >= 4 is 0 Å².